The Kier molecular flexibility index (Phi) is 7.35. The molecule has 0 fully saturated rings. The number of fused-ring (bicyclic) bond motifs is 1. The molecule has 1 aliphatic heterocycles. The molecule has 1 aliphatic rings. The fourth-order valence-electron chi connectivity index (χ4n) is 4.22. The number of halogens is 1. The summed E-state index contributed by atoms with van der Waals surface area (Å²) in [5.74, 6) is 0.199. The molecule has 2 N–H and O–H groups in total. The van der Waals surface area contributed by atoms with Crippen LogP contribution >= 0.6 is 0 Å². The van der Waals surface area contributed by atoms with Gasteiger partial charge in [0.05, 0.1) is 12.0 Å². The number of nitrogens with one attached hydrogen (secondary N) is 2. The SMILES string of the molecule is CC(C)C(NC(=O)Cc1ccccc1)C(=O)Nc1ccc(F)c(-c2nnc3n2CCCCC3)c1. The van der Waals surface area contributed by atoms with Crippen LogP contribution in [-0.2, 0) is 29.0 Å². The van der Waals surface area contributed by atoms with E-state index in [1.54, 1.807) is 6.07 Å². The molecule has 4 rings (SSSR count). The third-order valence-electron chi connectivity index (χ3n) is 6.06. The molecule has 3 aromatic rings. The van der Waals surface area contributed by atoms with Crippen molar-refractivity contribution in [1.29, 1.82) is 0 Å². The molecule has 34 heavy (non-hydrogen) atoms. The fraction of sp³-hybridized carbons (Fsp3) is 0.385. The van der Waals surface area contributed by atoms with Gasteiger partial charge in [-0.2, -0.15) is 0 Å². The summed E-state index contributed by atoms with van der Waals surface area (Å²) in [5.41, 5.74) is 1.61. The normalized spacial score (nSPS) is 14.2. The highest BCUT2D eigenvalue weighted by Crippen LogP contribution is 2.27. The summed E-state index contributed by atoms with van der Waals surface area (Å²) in [4.78, 5) is 25.6. The summed E-state index contributed by atoms with van der Waals surface area (Å²) in [6.07, 6.45) is 4.16. The van der Waals surface area contributed by atoms with E-state index in [0.29, 0.717) is 17.1 Å². The molecule has 8 heteroatoms. The number of nitrogens with zero attached hydrogens (tertiary/aromatic N) is 3. The van der Waals surface area contributed by atoms with Crippen molar-refractivity contribution in [2.45, 2.75) is 58.5 Å². The fourth-order valence-corrected chi connectivity index (χ4v) is 4.22. The molecule has 1 atom stereocenters. The van der Waals surface area contributed by atoms with Crippen LogP contribution in [0.3, 0.4) is 0 Å². The lowest BCUT2D eigenvalue weighted by Crippen LogP contribution is -2.47. The quantitative estimate of drug-likeness (QED) is 0.551. The van der Waals surface area contributed by atoms with Crippen LogP contribution in [0.25, 0.3) is 11.4 Å². The molecule has 1 unspecified atom stereocenters. The number of hydrogen-bond acceptors (Lipinski definition) is 4. The molecule has 178 valence electrons. The van der Waals surface area contributed by atoms with Gasteiger partial charge >= 0.3 is 0 Å². The molecule has 0 bridgehead atoms. The van der Waals surface area contributed by atoms with Gasteiger partial charge in [-0.25, -0.2) is 4.39 Å². The number of anilines is 1. The molecule has 0 saturated carbocycles. The second-order valence-corrected chi connectivity index (χ2v) is 9.04. The van der Waals surface area contributed by atoms with E-state index in [9.17, 15) is 14.0 Å². The maximum absolute atomic E-state index is 14.8. The zero-order chi connectivity index (χ0) is 24.1. The van der Waals surface area contributed by atoms with Gasteiger partial charge in [-0.05, 0) is 42.5 Å². The Balaban J connectivity index is 1.49. The molecule has 0 saturated heterocycles. The van der Waals surface area contributed by atoms with E-state index < -0.39 is 11.9 Å². The first-order valence-corrected chi connectivity index (χ1v) is 11.8. The third kappa shape index (κ3) is 5.50. The molecule has 0 spiro atoms. The Bertz CT molecular complexity index is 1160. The van der Waals surface area contributed by atoms with Gasteiger partial charge in [-0.3, -0.25) is 9.59 Å². The van der Waals surface area contributed by atoms with Crippen LogP contribution in [0.15, 0.2) is 48.5 Å². The molecule has 2 amide bonds. The predicted octanol–water partition coefficient (Wildman–Crippen LogP) is 4.13. The summed E-state index contributed by atoms with van der Waals surface area (Å²) in [5, 5.41) is 14.2. The first-order chi connectivity index (χ1) is 16.4. The van der Waals surface area contributed by atoms with Crippen molar-refractivity contribution >= 4 is 17.5 Å². The third-order valence-corrected chi connectivity index (χ3v) is 6.06. The number of aromatic nitrogens is 3. The second-order valence-electron chi connectivity index (χ2n) is 9.04. The summed E-state index contributed by atoms with van der Waals surface area (Å²) >= 11 is 0. The van der Waals surface area contributed by atoms with Crippen LogP contribution < -0.4 is 10.6 Å². The van der Waals surface area contributed by atoms with E-state index in [4.69, 9.17) is 0 Å². The van der Waals surface area contributed by atoms with Gasteiger partial charge in [0.2, 0.25) is 11.8 Å². The second kappa shape index (κ2) is 10.6. The lowest BCUT2D eigenvalue weighted by Gasteiger charge is -2.22. The highest BCUT2D eigenvalue weighted by molar-refractivity contribution is 5.98. The van der Waals surface area contributed by atoms with Crippen LogP contribution in [0.1, 0.15) is 44.5 Å². The van der Waals surface area contributed by atoms with Gasteiger partial charge in [0.15, 0.2) is 5.82 Å². The van der Waals surface area contributed by atoms with Crippen molar-refractivity contribution < 1.29 is 14.0 Å². The van der Waals surface area contributed by atoms with E-state index >= 15 is 0 Å². The zero-order valence-corrected chi connectivity index (χ0v) is 19.6. The van der Waals surface area contributed by atoms with E-state index in [-0.39, 0.29) is 24.2 Å². The van der Waals surface area contributed by atoms with Gasteiger partial charge < -0.3 is 15.2 Å². The summed E-state index contributed by atoms with van der Waals surface area (Å²) in [7, 11) is 0. The topological polar surface area (TPSA) is 88.9 Å². The lowest BCUT2D eigenvalue weighted by atomic mass is 10.0. The minimum atomic E-state index is -0.728. The molecule has 1 aromatic heterocycles. The standard InChI is InChI=1S/C26H30FN5O2/c1-17(2)24(29-23(33)15-18-9-5-3-6-10-18)26(34)28-19-12-13-21(27)20(16-19)25-31-30-22-11-7-4-8-14-32(22)25/h3,5-6,9-10,12-13,16-17,24H,4,7-8,11,14-15H2,1-2H3,(H,28,34)(H,29,33). The van der Waals surface area contributed by atoms with Crippen LogP contribution in [-0.4, -0.2) is 32.6 Å². The van der Waals surface area contributed by atoms with Gasteiger partial charge in [-0.1, -0.05) is 50.6 Å². The highest BCUT2D eigenvalue weighted by atomic mass is 19.1. The Labute approximate surface area is 198 Å². The van der Waals surface area contributed by atoms with E-state index in [1.807, 2.05) is 48.7 Å². The van der Waals surface area contributed by atoms with Crippen molar-refractivity contribution in [2.24, 2.45) is 5.92 Å². The number of amides is 2. The lowest BCUT2D eigenvalue weighted by molar-refractivity contribution is -0.127. The van der Waals surface area contributed by atoms with E-state index in [2.05, 4.69) is 20.8 Å². The van der Waals surface area contributed by atoms with E-state index in [1.165, 1.54) is 12.1 Å². The molecule has 0 radical (unpaired) electrons. The van der Waals surface area contributed by atoms with Gasteiger partial charge in [-0.15, -0.1) is 10.2 Å². The monoisotopic (exact) mass is 463 g/mol. The minimum Gasteiger partial charge on any atom is -0.344 e. The Morgan fingerprint density at radius 1 is 1.06 bits per heavy atom. The van der Waals surface area contributed by atoms with Crippen molar-refractivity contribution in [3.05, 3.63) is 65.7 Å². The number of rotatable bonds is 7. The van der Waals surface area contributed by atoms with Crippen LogP contribution in [0.4, 0.5) is 10.1 Å². The first kappa shape index (κ1) is 23.6. The molecular formula is C26H30FN5O2. The van der Waals surface area contributed by atoms with Gasteiger partial charge in [0.25, 0.3) is 0 Å². The van der Waals surface area contributed by atoms with Crippen LogP contribution in [0, 0.1) is 11.7 Å². The van der Waals surface area contributed by atoms with Gasteiger partial charge in [0.1, 0.15) is 17.7 Å². The largest absolute Gasteiger partial charge is 0.344 e. The molecule has 7 nitrogen and oxygen atoms in total. The number of carbonyl (C=O) groups is 2. The summed E-state index contributed by atoms with van der Waals surface area (Å²) in [6, 6.07) is 13.1. The minimum absolute atomic E-state index is 0.132. The molecular weight excluding hydrogens is 433 g/mol. The number of hydrogen-bond donors (Lipinski definition) is 2. The first-order valence-electron chi connectivity index (χ1n) is 11.8. The van der Waals surface area contributed by atoms with Crippen LogP contribution in [0.2, 0.25) is 0 Å². The molecule has 2 aromatic carbocycles. The van der Waals surface area contributed by atoms with Crippen molar-refractivity contribution in [3.8, 4) is 11.4 Å². The predicted molar refractivity (Wildman–Crippen MR) is 129 cm³/mol. The number of aryl methyl sites for hydroxylation is 1. The highest BCUT2D eigenvalue weighted by Gasteiger charge is 2.25. The van der Waals surface area contributed by atoms with Crippen molar-refractivity contribution in [1.82, 2.24) is 20.1 Å². The average Bonchev–Trinajstić information content (AvgIpc) is 3.06. The zero-order valence-electron chi connectivity index (χ0n) is 19.6. The summed E-state index contributed by atoms with van der Waals surface area (Å²) in [6.45, 7) is 4.49. The molecule has 2 heterocycles. The maximum Gasteiger partial charge on any atom is 0.247 e. The van der Waals surface area contributed by atoms with E-state index in [0.717, 1.165) is 43.6 Å². The Morgan fingerprint density at radius 2 is 1.85 bits per heavy atom. The average molecular weight is 464 g/mol. The van der Waals surface area contributed by atoms with Crippen LogP contribution in [0.5, 0.6) is 0 Å². The Hall–Kier alpha value is -3.55. The van der Waals surface area contributed by atoms with Crippen molar-refractivity contribution in [3.63, 3.8) is 0 Å². The number of carbonyl (C=O) groups excluding carboxylic acids is 2. The van der Waals surface area contributed by atoms with Gasteiger partial charge in [0, 0.05) is 18.7 Å². The Morgan fingerprint density at radius 3 is 2.62 bits per heavy atom. The number of benzene rings is 2. The molecule has 0 aliphatic carbocycles. The summed E-state index contributed by atoms with van der Waals surface area (Å²) < 4.78 is 16.7. The maximum atomic E-state index is 14.8. The van der Waals surface area contributed by atoms with Crippen molar-refractivity contribution in [2.75, 3.05) is 5.32 Å². The smallest absolute Gasteiger partial charge is 0.247 e.